The van der Waals surface area contributed by atoms with Gasteiger partial charge in [-0.2, -0.15) is 0 Å². The number of Topliss-reactive ketones (excluding diaryl/α,β-unsaturated/α-hetero) is 2. The zero-order valence-corrected chi connectivity index (χ0v) is 11.1. The minimum atomic E-state index is -0.264. The summed E-state index contributed by atoms with van der Waals surface area (Å²) in [5, 5.41) is 2.41. The highest BCUT2D eigenvalue weighted by molar-refractivity contribution is 6.45. The second kappa shape index (κ2) is 4.14. The van der Waals surface area contributed by atoms with Crippen molar-refractivity contribution in [1.29, 1.82) is 0 Å². The molecule has 2 heteroatoms. The Bertz CT molecular complexity index is 783. The van der Waals surface area contributed by atoms with Crippen LogP contribution >= 0.6 is 0 Å². The van der Waals surface area contributed by atoms with E-state index in [0.717, 1.165) is 24.0 Å². The largest absolute Gasteiger partial charge is 0.291 e. The van der Waals surface area contributed by atoms with E-state index >= 15 is 0 Å². The fraction of sp³-hybridized carbons (Fsp3) is 0.222. The summed E-state index contributed by atoms with van der Waals surface area (Å²) in [6.45, 7) is 0. The summed E-state index contributed by atoms with van der Waals surface area (Å²) in [7, 11) is 0. The van der Waals surface area contributed by atoms with Gasteiger partial charge < -0.3 is 0 Å². The standard InChI is InChI=1S/C18H14O2/c19-17-6-5-13-9-14-7-11-3-1-2-4-12(11)8-15(14)10-16(13)18(17)20/h1-4,7-8,10,13H,5-6,9H2. The number of allylic oxidation sites excluding steroid dienone is 1. The van der Waals surface area contributed by atoms with E-state index in [-0.39, 0.29) is 17.5 Å². The molecule has 0 heterocycles. The van der Waals surface area contributed by atoms with Crippen LogP contribution in [0.1, 0.15) is 24.0 Å². The van der Waals surface area contributed by atoms with Gasteiger partial charge in [0.05, 0.1) is 0 Å². The van der Waals surface area contributed by atoms with Gasteiger partial charge in [0.1, 0.15) is 0 Å². The van der Waals surface area contributed by atoms with E-state index in [9.17, 15) is 9.59 Å². The van der Waals surface area contributed by atoms with E-state index in [0.29, 0.717) is 6.42 Å². The van der Waals surface area contributed by atoms with Crippen molar-refractivity contribution >= 4 is 28.4 Å². The number of fused-ring (bicyclic) bond motifs is 3. The smallest absolute Gasteiger partial charge is 0.224 e. The van der Waals surface area contributed by atoms with Crippen LogP contribution in [0.4, 0.5) is 0 Å². The third kappa shape index (κ3) is 1.64. The molecule has 1 unspecified atom stereocenters. The molecule has 20 heavy (non-hydrogen) atoms. The SMILES string of the molecule is O=C1CCC2Cc3cc4ccccc4cc3C=C2C1=O. The molecule has 0 saturated heterocycles. The van der Waals surface area contributed by atoms with E-state index in [4.69, 9.17) is 0 Å². The van der Waals surface area contributed by atoms with Crippen LogP contribution in [0.25, 0.3) is 16.8 Å². The first kappa shape index (κ1) is 11.6. The molecule has 4 rings (SSSR count). The Labute approximate surface area is 117 Å². The van der Waals surface area contributed by atoms with Crippen LogP contribution in [-0.2, 0) is 16.0 Å². The number of hydrogen-bond donors (Lipinski definition) is 0. The number of benzene rings is 2. The molecule has 1 saturated carbocycles. The average molecular weight is 262 g/mol. The van der Waals surface area contributed by atoms with Crippen molar-refractivity contribution in [2.24, 2.45) is 5.92 Å². The predicted octanol–water partition coefficient (Wildman–Crippen LogP) is 3.33. The average Bonchev–Trinajstić information content (AvgIpc) is 2.47. The van der Waals surface area contributed by atoms with Crippen molar-refractivity contribution in [2.75, 3.05) is 0 Å². The first-order chi connectivity index (χ1) is 9.72. The molecule has 2 nitrogen and oxygen atoms in total. The third-order valence-corrected chi connectivity index (χ3v) is 4.46. The van der Waals surface area contributed by atoms with Crippen LogP contribution in [0.2, 0.25) is 0 Å². The van der Waals surface area contributed by atoms with Crippen molar-refractivity contribution < 1.29 is 9.59 Å². The lowest BCUT2D eigenvalue weighted by Gasteiger charge is -2.28. The van der Waals surface area contributed by atoms with E-state index in [1.807, 2.05) is 18.2 Å². The Morgan fingerprint density at radius 1 is 1.00 bits per heavy atom. The van der Waals surface area contributed by atoms with Crippen molar-refractivity contribution in [1.82, 2.24) is 0 Å². The Morgan fingerprint density at radius 2 is 1.75 bits per heavy atom. The molecule has 1 atom stereocenters. The molecule has 2 aromatic rings. The van der Waals surface area contributed by atoms with Crippen LogP contribution < -0.4 is 0 Å². The highest BCUT2D eigenvalue weighted by Crippen LogP contribution is 2.36. The lowest BCUT2D eigenvalue weighted by Crippen LogP contribution is -2.30. The molecule has 0 radical (unpaired) electrons. The van der Waals surface area contributed by atoms with Crippen molar-refractivity contribution in [3.05, 3.63) is 53.1 Å². The molecule has 0 spiro atoms. The molecule has 0 bridgehead atoms. The summed E-state index contributed by atoms with van der Waals surface area (Å²) >= 11 is 0. The Hall–Kier alpha value is -2.22. The number of hydrogen-bond acceptors (Lipinski definition) is 2. The Kier molecular flexibility index (Phi) is 2.40. The molecular formula is C18H14O2. The van der Waals surface area contributed by atoms with Crippen LogP contribution in [0.5, 0.6) is 0 Å². The molecule has 2 aromatic carbocycles. The highest BCUT2D eigenvalue weighted by atomic mass is 16.2. The summed E-state index contributed by atoms with van der Waals surface area (Å²) in [4.78, 5) is 23.6. The maximum absolute atomic E-state index is 12.0. The fourth-order valence-corrected chi connectivity index (χ4v) is 3.37. The summed E-state index contributed by atoms with van der Waals surface area (Å²) in [5.41, 5.74) is 3.11. The van der Waals surface area contributed by atoms with Gasteiger partial charge in [-0.3, -0.25) is 9.59 Å². The highest BCUT2D eigenvalue weighted by Gasteiger charge is 2.34. The van der Waals surface area contributed by atoms with Gasteiger partial charge in [0.15, 0.2) is 0 Å². The lowest BCUT2D eigenvalue weighted by atomic mass is 9.74. The first-order valence-corrected chi connectivity index (χ1v) is 7.03. The minimum Gasteiger partial charge on any atom is -0.291 e. The molecule has 0 aromatic heterocycles. The second-order valence-corrected chi connectivity index (χ2v) is 5.69. The monoisotopic (exact) mass is 262 g/mol. The maximum atomic E-state index is 12.0. The summed E-state index contributed by atoms with van der Waals surface area (Å²) in [6.07, 6.45) is 4.03. The van der Waals surface area contributed by atoms with Gasteiger partial charge in [0, 0.05) is 12.0 Å². The molecular weight excluding hydrogens is 248 g/mol. The maximum Gasteiger partial charge on any atom is 0.224 e. The molecule has 1 fully saturated rings. The summed E-state index contributed by atoms with van der Waals surface area (Å²) in [5.74, 6) is -0.259. The minimum absolute atomic E-state index is 0.225. The van der Waals surface area contributed by atoms with Gasteiger partial charge in [-0.1, -0.05) is 30.3 Å². The van der Waals surface area contributed by atoms with Gasteiger partial charge in [-0.25, -0.2) is 0 Å². The Balaban J connectivity index is 1.90. The van der Waals surface area contributed by atoms with Gasteiger partial charge in [0.25, 0.3) is 0 Å². The van der Waals surface area contributed by atoms with Gasteiger partial charge in [-0.05, 0) is 52.8 Å². The molecule has 2 aliphatic rings. The fourth-order valence-electron chi connectivity index (χ4n) is 3.37. The van der Waals surface area contributed by atoms with Crippen LogP contribution in [0.15, 0.2) is 42.0 Å². The zero-order chi connectivity index (χ0) is 13.7. The second-order valence-electron chi connectivity index (χ2n) is 5.69. The van der Waals surface area contributed by atoms with Crippen LogP contribution in [0.3, 0.4) is 0 Å². The lowest BCUT2D eigenvalue weighted by molar-refractivity contribution is -0.136. The molecule has 98 valence electrons. The van der Waals surface area contributed by atoms with Crippen molar-refractivity contribution in [2.45, 2.75) is 19.3 Å². The Morgan fingerprint density at radius 3 is 2.55 bits per heavy atom. The number of carbonyl (C=O) groups is 2. The molecule has 0 aliphatic heterocycles. The van der Waals surface area contributed by atoms with E-state index in [2.05, 4.69) is 24.3 Å². The number of carbonyl (C=O) groups excluding carboxylic acids is 2. The summed E-state index contributed by atoms with van der Waals surface area (Å²) < 4.78 is 0. The van der Waals surface area contributed by atoms with Crippen molar-refractivity contribution in [3.63, 3.8) is 0 Å². The number of ketones is 2. The normalized spacial score (nSPS) is 21.4. The van der Waals surface area contributed by atoms with E-state index in [1.165, 1.54) is 16.3 Å². The van der Waals surface area contributed by atoms with Gasteiger partial charge >= 0.3 is 0 Å². The molecule has 2 aliphatic carbocycles. The van der Waals surface area contributed by atoms with Gasteiger partial charge in [0.2, 0.25) is 11.6 Å². The first-order valence-electron chi connectivity index (χ1n) is 7.03. The van der Waals surface area contributed by atoms with Crippen LogP contribution in [-0.4, -0.2) is 11.6 Å². The van der Waals surface area contributed by atoms with Crippen LogP contribution in [0, 0.1) is 5.92 Å². The van der Waals surface area contributed by atoms with E-state index < -0.39 is 0 Å². The quantitative estimate of drug-likeness (QED) is 0.682. The zero-order valence-electron chi connectivity index (χ0n) is 11.1. The molecule has 0 N–H and O–H groups in total. The third-order valence-electron chi connectivity index (χ3n) is 4.46. The van der Waals surface area contributed by atoms with E-state index in [1.54, 1.807) is 0 Å². The predicted molar refractivity (Wildman–Crippen MR) is 78.4 cm³/mol. The number of rotatable bonds is 0. The van der Waals surface area contributed by atoms with Crippen molar-refractivity contribution in [3.8, 4) is 0 Å². The summed E-state index contributed by atoms with van der Waals surface area (Å²) in [6, 6.07) is 12.6. The topological polar surface area (TPSA) is 34.1 Å². The van der Waals surface area contributed by atoms with Gasteiger partial charge in [-0.15, -0.1) is 0 Å². The molecule has 0 amide bonds.